The summed E-state index contributed by atoms with van der Waals surface area (Å²) in [5.41, 5.74) is 8.81. The van der Waals surface area contributed by atoms with Crippen LogP contribution >= 0.6 is 0 Å². The Morgan fingerprint density at radius 2 is 1.79 bits per heavy atom. The van der Waals surface area contributed by atoms with Crippen molar-refractivity contribution < 1.29 is 14.3 Å². The maximum atomic E-state index is 12.5. The van der Waals surface area contributed by atoms with Gasteiger partial charge in [0.05, 0.1) is 7.11 Å². The summed E-state index contributed by atoms with van der Waals surface area (Å²) in [7, 11) is 1.59. The molecule has 1 fully saturated rings. The van der Waals surface area contributed by atoms with Crippen molar-refractivity contribution in [2.75, 3.05) is 20.2 Å². The van der Waals surface area contributed by atoms with E-state index in [4.69, 9.17) is 10.5 Å². The number of amides is 1. The molecule has 0 aliphatic carbocycles. The van der Waals surface area contributed by atoms with E-state index in [1.807, 2.05) is 11.0 Å². The predicted octanol–water partition coefficient (Wildman–Crippen LogP) is 3.52. The molecule has 1 heterocycles. The average molecular weight is 380 g/mol. The number of nitrogens with two attached hydrogens (primary N) is 1. The van der Waals surface area contributed by atoms with E-state index in [9.17, 15) is 9.59 Å². The van der Waals surface area contributed by atoms with Gasteiger partial charge in [-0.25, -0.2) is 0 Å². The molecule has 0 spiro atoms. The van der Waals surface area contributed by atoms with Crippen molar-refractivity contribution in [3.8, 4) is 5.75 Å². The molecule has 28 heavy (non-hydrogen) atoms. The minimum absolute atomic E-state index is 0.00973. The van der Waals surface area contributed by atoms with Gasteiger partial charge in [0.2, 0.25) is 5.91 Å². The Morgan fingerprint density at radius 1 is 1.07 bits per heavy atom. The Labute approximate surface area is 166 Å². The molecule has 0 bridgehead atoms. The number of rotatable bonds is 7. The lowest BCUT2D eigenvalue weighted by Crippen LogP contribution is -2.38. The number of hydrogen-bond acceptors (Lipinski definition) is 4. The number of Topliss-reactive ketones (excluding diaryl/α,β-unsaturated/α-hetero) is 1. The summed E-state index contributed by atoms with van der Waals surface area (Å²) in [4.78, 5) is 26.7. The molecule has 0 atom stereocenters. The van der Waals surface area contributed by atoms with Crippen LogP contribution in [0.3, 0.4) is 0 Å². The molecule has 5 nitrogen and oxygen atoms in total. The summed E-state index contributed by atoms with van der Waals surface area (Å²) in [5, 5.41) is 0. The summed E-state index contributed by atoms with van der Waals surface area (Å²) < 4.78 is 5.10. The maximum absolute atomic E-state index is 12.5. The number of hydrogen-bond donors (Lipinski definition) is 1. The SMILES string of the molecule is COc1ccc(C(=O)CCC(=O)N2CCC(c3cccc(CN)c3)CC2)cc1. The first kappa shape index (κ1) is 20.1. The number of methoxy groups -OCH3 is 1. The van der Waals surface area contributed by atoms with Crippen LogP contribution < -0.4 is 10.5 Å². The van der Waals surface area contributed by atoms with Crippen molar-refractivity contribution in [3.63, 3.8) is 0 Å². The Kier molecular flexibility index (Phi) is 6.82. The van der Waals surface area contributed by atoms with Crippen LogP contribution in [0, 0.1) is 0 Å². The second-order valence-electron chi connectivity index (χ2n) is 7.26. The topological polar surface area (TPSA) is 72.6 Å². The fourth-order valence-electron chi connectivity index (χ4n) is 3.74. The van der Waals surface area contributed by atoms with Crippen LogP contribution in [0.15, 0.2) is 48.5 Å². The smallest absolute Gasteiger partial charge is 0.223 e. The quantitative estimate of drug-likeness (QED) is 0.746. The fourth-order valence-corrected chi connectivity index (χ4v) is 3.74. The zero-order chi connectivity index (χ0) is 19.9. The van der Waals surface area contributed by atoms with Gasteiger partial charge in [-0.2, -0.15) is 0 Å². The first-order chi connectivity index (χ1) is 13.6. The van der Waals surface area contributed by atoms with Gasteiger partial charge in [0.1, 0.15) is 5.75 Å². The van der Waals surface area contributed by atoms with Gasteiger partial charge in [-0.1, -0.05) is 24.3 Å². The number of carbonyl (C=O) groups excluding carboxylic acids is 2. The molecule has 148 valence electrons. The third-order valence-electron chi connectivity index (χ3n) is 5.48. The fraction of sp³-hybridized carbons (Fsp3) is 0.391. The molecule has 0 radical (unpaired) electrons. The summed E-state index contributed by atoms with van der Waals surface area (Å²) in [6.07, 6.45) is 2.40. The van der Waals surface area contributed by atoms with Gasteiger partial charge in [-0.15, -0.1) is 0 Å². The van der Waals surface area contributed by atoms with Crippen molar-refractivity contribution in [1.82, 2.24) is 4.90 Å². The summed E-state index contributed by atoms with van der Waals surface area (Å²) in [6, 6.07) is 15.4. The molecule has 3 rings (SSSR count). The first-order valence-corrected chi connectivity index (χ1v) is 9.84. The van der Waals surface area contributed by atoms with E-state index < -0.39 is 0 Å². The highest BCUT2D eigenvalue weighted by Crippen LogP contribution is 2.29. The zero-order valence-electron chi connectivity index (χ0n) is 16.4. The van der Waals surface area contributed by atoms with Crippen LogP contribution in [0.4, 0.5) is 0 Å². The van der Waals surface area contributed by atoms with Gasteiger partial charge >= 0.3 is 0 Å². The molecule has 1 saturated heterocycles. The van der Waals surface area contributed by atoms with Crippen molar-refractivity contribution >= 4 is 11.7 Å². The summed E-state index contributed by atoms with van der Waals surface area (Å²) >= 11 is 0. The molecule has 0 aromatic heterocycles. The number of benzene rings is 2. The molecule has 0 saturated carbocycles. The molecular weight excluding hydrogens is 352 g/mol. The standard InChI is InChI=1S/C23H28N2O3/c1-28-21-7-5-19(6-8-21)22(26)9-10-23(27)25-13-11-18(12-14-25)20-4-2-3-17(15-20)16-24/h2-8,15,18H,9-14,16,24H2,1H3. The van der Waals surface area contributed by atoms with E-state index >= 15 is 0 Å². The lowest BCUT2D eigenvalue weighted by Gasteiger charge is -2.32. The predicted molar refractivity (Wildman–Crippen MR) is 109 cm³/mol. The van der Waals surface area contributed by atoms with Crippen molar-refractivity contribution in [2.24, 2.45) is 5.73 Å². The van der Waals surface area contributed by atoms with E-state index in [0.29, 0.717) is 23.8 Å². The lowest BCUT2D eigenvalue weighted by molar-refractivity contribution is -0.132. The van der Waals surface area contributed by atoms with E-state index in [0.717, 1.165) is 31.5 Å². The van der Waals surface area contributed by atoms with Crippen molar-refractivity contribution in [3.05, 3.63) is 65.2 Å². The molecule has 1 aliphatic rings. The second-order valence-corrected chi connectivity index (χ2v) is 7.26. The highest BCUT2D eigenvalue weighted by atomic mass is 16.5. The molecule has 5 heteroatoms. The van der Waals surface area contributed by atoms with Crippen molar-refractivity contribution in [1.29, 1.82) is 0 Å². The van der Waals surface area contributed by atoms with Crippen LogP contribution in [-0.4, -0.2) is 36.8 Å². The Balaban J connectivity index is 1.47. The van der Waals surface area contributed by atoms with Crippen LogP contribution in [0.5, 0.6) is 5.75 Å². The molecule has 1 amide bonds. The Bertz CT molecular complexity index is 809. The van der Waals surface area contributed by atoms with E-state index in [2.05, 4.69) is 18.2 Å². The number of ether oxygens (including phenoxy) is 1. The second kappa shape index (κ2) is 9.51. The largest absolute Gasteiger partial charge is 0.497 e. The number of ketones is 1. The maximum Gasteiger partial charge on any atom is 0.223 e. The van der Waals surface area contributed by atoms with Crippen LogP contribution in [0.2, 0.25) is 0 Å². The van der Waals surface area contributed by atoms with Crippen LogP contribution in [0.1, 0.15) is 53.1 Å². The Hall–Kier alpha value is -2.66. The Morgan fingerprint density at radius 3 is 2.43 bits per heavy atom. The number of nitrogens with zero attached hydrogens (tertiary/aromatic N) is 1. The van der Waals surface area contributed by atoms with Gasteiger partial charge < -0.3 is 15.4 Å². The highest BCUT2D eigenvalue weighted by molar-refractivity contribution is 5.98. The van der Waals surface area contributed by atoms with Gasteiger partial charge in [0, 0.05) is 38.0 Å². The third-order valence-corrected chi connectivity index (χ3v) is 5.48. The van der Waals surface area contributed by atoms with E-state index in [1.54, 1.807) is 31.4 Å². The molecule has 2 aromatic carbocycles. The van der Waals surface area contributed by atoms with E-state index in [1.165, 1.54) is 5.56 Å². The number of piperidine rings is 1. The van der Waals surface area contributed by atoms with Gasteiger partial charge in [0.15, 0.2) is 5.78 Å². The zero-order valence-corrected chi connectivity index (χ0v) is 16.4. The molecule has 1 aliphatic heterocycles. The summed E-state index contributed by atoms with van der Waals surface area (Å²) in [6.45, 7) is 2.04. The van der Waals surface area contributed by atoms with Crippen LogP contribution in [0.25, 0.3) is 0 Å². The third kappa shape index (κ3) is 4.98. The van der Waals surface area contributed by atoms with Gasteiger partial charge in [-0.05, 0) is 54.2 Å². The van der Waals surface area contributed by atoms with Gasteiger partial charge in [0.25, 0.3) is 0 Å². The minimum Gasteiger partial charge on any atom is -0.497 e. The monoisotopic (exact) mass is 380 g/mol. The van der Waals surface area contributed by atoms with Crippen molar-refractivity contribution in [2.45, 2.75) is 38.1 Å². The molecule has 2 N–H and O–H groups in total. The average Bonchev–Trinajstić information content (AvgIpc) is 2.77. The molecule has 2 aromatic rings. The highest BCUT2D eigenvalue weighted by Gasteiger charge is 2.24. The summed E-state index contributed by atoms with van der Waals surface area (Å²) in [5.74, 6) is 1.24. The first-order valence-electron chi connectivity index (χ1n) is 9.84. The lowest BCUT2D eigenvalue weighted by atomic mass is 9.88. The number of carbonyl (C=O) groups is 2. The van der Waals surface area contributed by atoms with Crippen LogP contribution in [-0.2, 0) is 11.3 Å². The number of likely N-dealkylation sites (tertiary alicyclic amines) is 1. The van der Waals surface area contributed by atoms with E-state index in [-0.39, 0.29) is 24.5 Å². The molecular formula is C23H28N2O3. The minimum atomic E-state index is -0.00973. The molecule has 0 unspecified atom stereocenters. The van der Waals surface area contributed by atoms with Gasteiger partial charge in [-0.3, -0.25) is 9.59 Å². The normalized spacial score (nSPS) is 14.7.